The lowest BCUT2D eigenvalue weighted by Gasteiger charge is -2.13. The Labute approximate surface area is 159 Å². The van der Waals surface area contributed by atoms with Crippen molar-refractivity contribution in [1.29, 1.82) is 0 Å². The maximum absolute atomic E-state index is 12.8. The Morgan fingerprint density at radius 3 is 2.69 bits per heavy atom. The zero-order valence-electron chi connectivity index (χ0n) is 14.8. The number of phenolic OH excluding ortho intramolecular Hbond substituents is 1. The standard InChI is InChI=1S/C19H19BrN4O2/c1-4-18-22-16-8-6-13(20)9-15(16)19(26)24(18)21-11-12-5-7-14(23(2)3)10-17(12)25/h5-11,25H,4H2,1-3H3. The Balaban J connectivity index is 2.09. The van der Waals surface area contributed by atoms with Crippen molar-refractivity contribution < 1.29 is 5.11 Å². The molecule has 26 heavy (non-hydrogen) atoms. The summed E-state index contributed by atoms with van der Waals surface area (Å²) in [5.74, 6) is 0.660. The Bertz CT molecular complexity index is 1060. The molecule has 0 radical (unpaired) electrons. The van der Waals surface area contributed by atoms with E-state index in [0.717, 1.165) is 10.2 Å². The lowest BCUT2D eigenvalue weighted by atomic mass is 10.2. The maximum atomic E-state index is 12.8. The SMILES string of the molecule is CCc1nc2ccc(Br)cc2c(=O)n1N=Cc1ccc(N(C)C)cc1O. The zero-order valence-corrected chi connectivity index (χ0v) is 16.4. The van der Waals surface area contributed by atoms with E-state index in [0.29, 0.717) is 28.7 Å². The number of nitrogens with zero attached hydrogens (tertiary/aromatic N) is 4. The van der Waals surface area contributed by atoms with Gasteiger partial charge in [0.25, 0.3) is 5.56 Å². The van der Waals surface area contributed by atoms with Crippen LogP contribution in [0.25, 0.3) is 10.9 Å². The highest BCUT2D eigenvalue weighted by Crippen LogP contribution is 2.22. The summed E-state index contributed by atoms with van der Waals surface area (Å²) in [6.45, 7) is 1.92. The molecule has 0 fully saturated rings. The van der Waals surface area contributed by atoms with Crippen LogP contribution in [0.2, 0.25) is 0 Å². The predicted octanol–water partition coefficient (Wildman–Crippen LogP) is 3.38. The minimum atomic E-state index is -0.242. The number of rotatable bonds is 4. The van der Waals surface area contributed by atoms with E-state index in [-0.39, 0.29) is 11.3 Å². The van der Waals surface area contributed by atoms with Gasteiger partial charge in [0.2, 0.25) is 0 Å². The van der Waals surface area contributed by atoms with Gasteiger partial charge in [-0.2, -0.15) is 9.78 Å². The van der Waals surface area contributed by atoms with E-state index in [9.17, 15) is 9.90 Å². The third-order valence-corrected chi connectivity index (χ3v) is 4.53. The van der Waals surface area contributed by atoms with Crippen LogP contribution in [-0.2, 0) is 6.42 Å². The molecule has 0 saturated carbocycles. The molecule has 2 aromatic carbocycles. The van der Waals surface area contributed by atoms with Gasteiger partial charge < -0.3 is 10.0 Å². The van der Waals surface area contributed by atoms with E-state index in [1.54, 1.807) is 24.3 Å². The average molecular weight is 415 g/mol. The topological polar surface area (TPSA) is 70.7 Å². The van der Waals surface area contributed by atoms with Gasteiger partial charge in [-0.25, -0.2) is 4.98 Å². The van der Waals surface area contributed by atoms with Crippen molar-refractivity contribution in [3.8, 4) is 5.75 Å². The van der Waals surface area contributed by atoms with Crippen molar-refractivity contribution in [2.75, 3.05) is 19.0 Å². The van der Waals surface area contributed by atoms with Crippen molar-refractivity contribution in [2.24, 2.45) is 5.10 Å². The molecule has 0 aliphatic heterocycles. The van der Waals surface area contributed by atoms with Crippen molar-refractivity contribution >= 4 is 38.7 Å². The molecular weight excluding hydrogens is 396 g/mol. The van der Waals surface area contributed by atoms with Crippen LogP contribution in [0.4, 0.5) is 5.69 Å². The van der Waals surface area contributed by atoms with Crippen LogP contribution in [0.3, 0.4) is 0 Å². The maximum Gasteiger partial charge on any atom is 0.282 e. The van der Waals surface area contributed by atoms with Gasteiger partial charge in [-0.05, 0) is 30.3 Å². The molecule has 134 valence electrons. The number of aryl methyl sites for hydroxylation is 1. The van der Waals surface area contributed by atoms with E-state index in [1.807, 2.05) is 38.1 Å². The first kappa shape index (κ1) is 18.1. The molecule has 0 bridgehead atoms. The van der Waals surface area contributed by atoms with Crippen LogP contribution in [-0.4, -0.2) is 35.1 Å². The first-order valence-corrected chi connectivity index (χ1v) is 8.96. The summed E-state index contributed by atoms with van der Waals surface area (Å²) in [7, 11) is 3.79. The number of halogens is 1. The van der Waals surface area contributed by atoms with E-state index < -0.39 is 0 Å². The van der Waals surface area contributed by atoms with Gasteiger partial charge in [0.15, 0.2) is 0 Å². The lowest BCUT2D eigenvalue weighted by molar-refractivity contribution is 0.474. The van der Waals surface area contributed by atoms with E-state index in [1.165, 1.54) is 10.9 Å². The summed E-state index contributed by atoms with van der Waals surface area (Å²) < 4.78 is 2.09. The van der Waals surface area contributed by atoms with Gasteiger partial charge in [-0.1, -0.05) is 22.9 Å². The molecule has 0 spiro atoms. The monoisotopic (exact) mass is 414 g/mol. The molecule has 0 unspecified atom stereocenters. The number of aromatic nitrogens is 2. The quantitative estimate of drug-likeness (QED) is 0.664. The number of hydrogen-bond acceptors (Lipinski definition) is 5. The largest absolute Gasteiger partial charge is 0.507 e. The highest BCUT2D eigenvalue weighted by Gasteiger charge is 2.10. The van der Waals surface area contributed by atoms with Crippen molar-refractivity contribution in [1.82, 2.24) is 9.66 Å². The smallest absolute Gasteiger partial charge is 0.282 e. The minimum absolute atomic E-state index is 0.0996. The Morgan fingerprint density at radius 1 is 1.27 bits per heavy atom. The number of phenols is 1. The molecule has 3 rings (SSSR count). The molecule has 1 N–H and O–H groups in total. The highest BCUT2D eigenvalue weighted by molar-refractivity contribution is 9.10. The number of benzene rings is 2. The molecule has 0 saturated heterocycles. The summed E-state index contributed by atoms with van der Waals surface area (Å²) in [5.41, 5.74) is 1.80. The molecular formula is C19H19BrN4O2. The van der Waals surface area contributed by atoms with Gasteiger partial charge in [-0.3, -0.25) is 4.79 Å². The zero-order chi connectivity index (χ0) is 18.8. The molecule has 3 aromatic rings. The molecule has 0 aliphatic carbocycles. The van der Waals surface area contributed by atoms with Gasteiger partial charge in [-0.15, -0.1) is 0 Å². The third-order valence-electron chi connectivity index (χ3n) is 4.03. The predicted molar refractivity (Wildman–Crippen MR) is 109 cm³/mol. The van der Waals surface area contributed by atoms with Crippen molar-refractivity contribution in [2.45, 2.75) is 13.3 Å². The fourth-order valence-corrected chi connectivity index (χ4v) is 2.94. The van der Waals surface area contributed by atoms with E-state index >= 15 is 0 Å². The number of fused-ring (bicyclic) bond motifs is 1. The highest BCUT2D eigenvalue weighted by atomic mass is 79.9. The van der Waals surface area contributed by atoms with Crippen LogP contribution >= 0.6 is 15.9 Å². The second kappa shape index (κ2) is 7.29. The summed E-state index contributed by atoms with van der Waals surface area (Å²) in [5, 5.41) is 15.0. The fraction of sp³-hybridized carbons (Fsp3) is 0.211. The second-order valence-electron chi connectivity index (χ2n) is 6.04. The lowest BCUT2D eigenvalue weighted by Crippen LogP contribution is -2.22. The summed E-state index contributed by atoms with van der Waals surface area (Å²) in [6.07, 6.45) is 2.03. The van der Waals surface area contributed by atoms with E-state index in [2.05, 4.69) is 26.0 Å². The molecule has 1 aromatic heterocycles. The second-order valence-corrected chi connectivity index (χ2v) is 6.96. The van der Waals surface area contributed by atoms with Crippen LogP contribution in [0.15, 0.2) is 50.8 Å². The first-order chi connectivity index (χ1) is 12.4. The van der Waals surface area contributed by atoms with Gasteiger partial charge in [0.05, 0.1) is 17.1 Å². The molecule has 1 heterocycles. The van der Waals surface area contributed by atoms with Crippen molar-refractivity contribution in [3.05, 3.63) is 62.6 Å². The minimum Gasteiger partial charge on any atom is -0.507 e. The number of anilines is 1. The molecule has 0 amide bonds. The molecule has 7 heteroatoms. The van der Waals surface area contributed by atoms with Crippen LogP contribution in [0.5, 0.6) is 5.75 Å². The van der Waals surface area contributed by atoms with E-state index in [4.69, 9.17) is 0 Å². The number of hydrogen-bond donors (Lipinski definition) is 1. The Morgan fingerprint density at radius 2 is 2.04 bits per heavy atom. The van der Waals surface area contributed by atoms with Gasteiger partial charge in [0, 0.05) is 42.3 Å². The van der Waals surface area contributed by atoms with Crippen LogP contribution in [0, 0.1) is 0 Å². The summed E-state index contributed by atoms with van der Waals surface area (Å²) >= 11 is 3.38. The average Bonchev–Trinajstić information content (AvgIpc) is 2.62. The summed E-state index contributed by atoms with van der Waals surface area (Å²) in [4.78, 5) is 19.3. The normalized spacial score (nSPS) is 11.4. The Hall–Kier alpha value is -2.67. The molecule has 0 atom stereocenters. The summed E-state index contributed by atoms with van der Waals surface area (Å²) in [6, 6.07) is 10.7. The number of aromatic hydroxyl groups is 1. The molecule has 6 nitrogen and oxygen atoms in total. The van der Waals surface area contributed by atoms with Crippen LogP contribution in [0.1, 0.15) is 18.3 Å². The van der Waals surface area contributed by atoms with Gasteiger partial charge in [0.1, 0.15) is 11.6 Å². The third kappa shape index (κ3) is 3.48. The van der Waals surface area contributed by atoms with Crippen molar-refractivity contribution in [3.63, 3.8) is 0 Å². The first-order valence-electron chi connectivity index (χ1n) is 8.16. The van der Waals surface area contributed by atoms with Gasteiger partial charge >= 0.3 is 0 Å². The molecule has 0 aliphatic rings. The fourth-order valence-electron chi connectivity index (χ4n) is 2.58. The van der Waals surface area contributed by atoms with Crippen LogP contribution < -0.4 is 10.5 Å². The Kier molecular flexibility index (Phi) is 5.08.